The summed E-state index contributed by atoms with van der Waals surface area (Å²) in [5.74, 6) is 0.912. The van der Waals surface area contributed by atoms with E-state index in [1.54, 1.807) is 0 Å². The fraction of sp³-hybridized carbons (Fsp3) is 0.611. The molecule has 2 unspecified atom stereocenters. The van der Waals surface area contributed by atoms with Gasteiger partial charge in [0.15, 0.2) is 0 Å². The molecule has 1 aliphatic carbocycles. The summed E-state index contributed by atoms with van der Waals surface area (Å²) < 4.78 is 0. The third kappa shape index (κ3) is 4.57. The number of hydrogen-bond acceptors (Lipinski definition) is 2. The summed E-state index contributed by atoms with van der Waals surface area (Å²) >= 11 is 0. The van der Waals surface area contributed by atoms with Crippen LogP contribution in [0.3, 0.4) is 0 Å². The molecule has 0 heterocycles. The van der Waals surface area contributed by atoms with Gasteiger partial charge in [0.2, 0.25) is 5.91 Å². The Labute approximate surface area is 128 Å². The quantitative estimate of drug-likeness (QED) is 0.831. The largest absolute Gasteiger partial charge is 0.340 e. The first-order chi connectivity index (χ1) is 10.1. The molecule has 1 aromatic rings. The monoisotopic (exact) mass is 288 g/mol. The Morgan fingerprint density at radius 3 is 2.48 bits per heavy atom. The molecule has 21 heavy (non-hydrogen) atoms. The van der Waals surface area contributed by atoms with Gasteiger partial charge in [-0.15, -0.1) is 0 Å². The number of hydrogen-bond donors (Lipinski definition) is 0. The van der Waals surface area contributed by atoms with Crippen molar-refractivity contribution in [2.45, 2.75) is 45.2 Å². The number of amides is 1. The Balaban J connectivity index is 1.85. The second-order valence-electron chi connectivity index (χ2n) is 6.48. The maximum atomic E-state index is 12.4. The molecule has 1 aliphatic rings. The van der Waals surface area contributed by atoms with Gasteiger partial charge in [-0.05, 0) is 31.4 Å². The number of benzene rings is 1. The third-order valence-corrected chi connectivity index (χ3v) is 4.71. The van der Waals surface area contributed by atoms with E-state index in [4.69, 9.17) is 0 Å². The van der Waals surface area contributed by atoms with Gasteiger partial charge in [-0.25, -0.2) is 0 Å². The first-order valence-corrected chi connectivity index (χ1v) is 8.06. The average Bonchev–Trinajstić information content (AvgIpc) is 2.48. The molecule has 0 radical (unpaired) electrons. The van der Waals surface area contributed by atoms with E-state index in [0.717, 1.165) is 0 Å². The van der Waals surface area contributed by atoms with E-state index < -0.39 is 0 Å². The summed E-state index contributed by atoms with van der Waals surface area (Å²) in [5, 5.41) is 0. The highest BCUT2D eigenvalue weighted by molar-refractivity contribution is 5.78. The summed E-state index contributed by atoms with van der Waals surface area (Å²) in [5.41, 5.74) is 1.18. The van der Waals surface area contributed by atoms with Gasteiger partial charge < -0.3 is 4.90 Å². The zero-order valence-electron chi connectivity index (χ0n) is 13.6. The molecule has 0 saturated heterocycles. The minimum Gasteiger partial charge on any atom is -0.340 e. The molecular formula is C18H28N2O. The summed E-state index contributed by atoms with van der Waals surface area (Å²) in [6.07, 6.45) is 5.16. The minimum atomic E-state index is 0.208. The molecule has 0 aliphatic heterocycles. The molecule has 0 spiro atoms. The van der Waals surface area contributed by atoms with Crippen molar-refractivity contribution in [3.63, 3.8) is 0 Å². The fourth-order valence-electron chi connectivity index (χ4n) is 3.35. The van der Waals surface area contributed by atoms with Crippen LogP contribution in [0.15, 0.2) is 30.3 Å². The molecule has 1 aromatic carbocycles. The van der Waals surface area contributed by atoms with E-state index >= 15 is 0 Å². The van der Waals surface area contributed by atoms with Crippen LogP contribution in [0.25, 0.3) is 0 Å². The first-order valence-electron chi connectivity index (χ1n) is 8.06. The van der Waals surface area contributed by atoms with E-state index in [-0.39, 0.29) is 5.91 Å². The van der Waals surface area contributed by atoms with Crippen LogP contribution in [0.4, 0.5) is 0 Å². The Bertz CT molecular complexity index is 446. The van der Waals surface area contributed by atoms with E-state index in [1.165, 1.54) is 31.2 Å². The SMILES string of the molecule is CC1CCCCC1N(C)CC(=O)N(C)Cc1ccccc1. The molecule has 1 fully saturated rings. The van der Waals surface area contributed by atoms with Gasteiger partial charge >= 0.3 is 0 Å². The minimum absolute atomic E-state index is 0.208. The second-order valence-corrected chi connectivity index (χ2v) is 6.48. The lowest BCUT2D eigenvalue weighted by Gasteiger charge is -2.36. The molecule has 2 atom stereocenters. The topological polar surface area (TPSA) is 23.6 Å². The summed E-state index contributed by atoms with van der Waals surface area (Å²) in [6.45, 7) is 3.53. The third-order valence-electron chi connectivity index (χ3n) is 4.71. The Morgan fingerprint density at radius 2 is 1.81 bits per heavy atom. The van der Waals surface area contributed by atoms with Crippen LogP contribution in [-0.2, 0) is 11.3 Å². The standard InChI is InChI=1S/C18H28N2O/c1-15-9-7-8-12-17(15)19(2)14-18(21)20(3)13-16-10-5-4-6-11-16/h4-6,10-11,15,17H,7-9,12-14H2,1-3H3. The molecule has 2 rings (SSSR count). The van der Waals surface area contributed by atoms with Crippen LogP contribution in [0.2, 0.25) is 0 Å². The normalized spacial score (nSPS) is 22.3. The number of carbonyl (C=O) groups excluding carboxylic acids is 1. The van der Waals surface area contributed by atoms with Crippen molar-refractivity contribution in [1.29, 1.82) is 0 Å². The molecule has 0 N–H and O–H groups in total. The molecular weight excluding hydrogens is 260 g/mol. The van der Waals surface area contributed by atoms with Crippen LogP contribution >= 0.6 is 0 Å². The van der Waals surface area contributed by atoms with E-state index in [1.807, 2.05) is 30.1 Å². The van der Waals surface area contributed by atoms with Gasteiger partial charge in [-0.3, -0.25) is 9.69 Å². The van der Waals surface area contributed by atoms with Gasteiger partial charge in [0.05, 0.1) is 6.54 Å². The molecule has 0 bridgehead atoms. The van der Waals surface area contributed by atoms with Crippen LogP contribution in [0.1, 0.15) is 38.2 Å². The number of carbonyl (C=O) groups is 1. The van der Waals surface area contributed by atoms with E-state index in [0.29, 0.717) is 25.0 Å². The second kappa shape index (κ2) is 7.60. The molecule has 0 aromatic heterocycles. The summed E-state index contributed by atoms with van der Waals surface area (Å²) in [4.78, 5) is 16.5. The van der Waals surface area contributed by atoms with Crippen molar-refractivity contribution < 1.29 is 4.79 Å². The van der Waals surface area contributed by atoms with Crippen LogP contribution in [0, 0.1) is 5.92 Å². The highest BCUT2D eigenvalue weighted by atomic mass is 16.2. The van der Waals surface area contributed by atoms with Crippen molar-refractivity contribution in [3.8, 4) is 0 Å². The lowest BCUT2D eigenvalue weighted by molar-refractivity contribution is -0.132. The Kier molecular flexibility index (Phi) is 5.80. The predicted molar refractivity (Wildman–Crippen MR) is 87.0 cm³/mol. The maximum Gasteiger partial charge on any atom is 0.236 e. The van der Waals surface area contributed by atoms with Crippen molar-refractivity contribution in [3.05, 3.63) is 35.9 Å². The number of rotatable bonds is 5. The van der Waals surface area contributed by atoms with Gasteiger partial charge in [0.25, 0.3) is 0 Å². The summed E-state index contributed by atoms with van der Waals surface area (Å²) in [7, 11) is 3.99. The van der Waals surface area contributed by atoms with Crippen LogP contribution < -0.4 is 0 Å². The van der Waals surface area contributed by atoms with Crippen molar-refractivity contribution in [2.75, 3.05) is 20.6 Å². The molecule has 1 saturated carbocycles. The highest BCUT2D eigenvalue weighted by Gasteiger charge is 2.26. The van der Waals surface area contributed by atoms with Crippen molar-refractivity contribution in [1.82, 2.24) is 9.80 Å². The molecule has 116 valence electrons. The summed E-state index contributed by atoms with van der Waals surface area (Å²) in [6, 6.07) is 10.7. The van der Waals surface area contributed by atoms with E-state index in [9.17, 15) is 4.79 Å². The zero-order chi connectivity index (χ0) is 15.2. The fourth-order valence-corrected chi connectivity index (χ4v) is 3.35. The zero-order valence-corrected chi connectivity index (χ0v) is 13.6. The average molecular weight is 288 g/mol. The van der Waals surface area contributed by atoms with Crippen molar-refractivity contribution >= 4 is 5.91 Å². The van der Waals surface area contributed by atoms with E-state index in [2.05, 4.69) is 31.0 Å². The molecule has 3 heteroatoms. The van der Waals surface area contributed by atoms with Gasteiger partial charge in [0.1, 0.15) is 0 Å². The smallest absolute Gasteiger partial charge is 0.236 e. The highest BCUT2D eigenvalue weighted by Crippen LogP contribution is 2.27. The maximum absolute atomic E-state index is 12.4. The number of nitrogens with zero attached hydrogens (tertiary/aromatic N) is 2. The van der Waals surface area contributed by atoms with Crippen molar-refractivity contribution in [2.24, 2.45) is 5.92 Å². The Morgan fingerprint density at radius 1 is 1.14 bits per heavy atom. The lowest BCUT2D eigenvalue weighted by Crippen LogP contribution is -2.44. The van der Waals surface area contributed by atoms with Gasteiger partial charge in [-0.2, -0.15) is 0 Å². The molecule has 3 nitrogen and oxygen atoms in total. The van der Waals surface area contributed by atoms with Gasteiger partial charge in [-0.1, -0.05) is 50.1 Å². The Hall–Kier alpha value is -1.35. The van der Waals surface area contributed by atoms with Gasteiger partial charge in [0, 0.05) is 19.6 Å². The lowest BCUT2D eigenvalue weighted by atomic mass is 9.85. The van der Waals surface area contributed by atoms with Crippen LogP contribution in [0.5, 0.6) is 0 Å². The predicted octanol–water partition coefficient (Wildman–Crippen LogP) is 3.16. The van der Waals surface area contributed by atoms with Crippen LogP contribution in [-0.4, -0.2) is 42.4 Å². The number of likely N-dealkylation sites (N-methyl/N-ethyl adjacent to an activating group) is 2. The first kappa shape index (κ1) is 16.0. The molecule has 1 amide bonds.